The molecule has 0 aliphatic heterocycles. The Balaban J connectivity index is 2.03. The number of hydrogen-bond acceptors (Lipinski definition) is 4. The van der Waals surface area contributed by atoms with E-state index in [4.69, 9.17) is 10.00 Å². The lowest BCUT2D eigenvalue weighted by atomic mass is 9.95. The summed E-state index contributed by atoms with van der Waals surface area (Å²) in [6, 6.07) is 7.86. The summed E-state index contributed by atoms with van der Waals surface area (Å²) in [5.74, 6) is -0.907. The number of aromatic nitrogens is 2. The third-order valence-corrected chi connectivity index (χ3v) is 3.91. The van der Waals surface area contributed by atoms with Crippen LogP contribution in [-0.4, -0.2) is 21.9 Å². The van der Waals surface area contributed by atoms with Crippen molar-refractivity contribution in [3.8, 4) is 11.8 Å². The van der Waals surface area contributed by atoms with Gasteiger partial charge in [-0.2, -0.15) is 10.4 Å². The molecule has 0 saturated carbocycles. The van der Waals surface area contributed by atoms with Gasteiger partial charge in [0.15, 0.2) is 11.8 Å². The van der Waals surface area contributed by atoms with E-state index >= 15 is 0 Å². The second-order valence-electron chi connectivity index (χ2n) is 5.55. The first-order chi connectivity index (χ1) is 11.1. The van der Waals surface area contributed by atoms with E-state index < -0.39 is 12.1 Å². The second-order valence-corrected chi connectivity index (χ2v) is 5.55. The van der Waals surface area contributed by atoms with Crippen LogP contribution < -0.4 is 0 Å². The Kier molecular flexibility index (Phi) is 4.11. The minimum Gasteiger partial charge on any atom is -0.442 e. The van der Waals surface area contributed by atoms with Gasteiger partial charge in [-0.15, -0.1) is 0 Å². The monoisotopic (exact) mass is 313 g/mol. The molecule has 1 aliphatic rings. The van der Waals surface area contributed by atoms with E-state index in [2.05, 4.69) is 5.10 Å². The summed E-state index contributed by atoms with van der Waals surface area (Å²) in [6.45, 7) is 1.52. The average molecular weight is 313 g/mol. The van der Waals surface area contributed by atoms with Crippen LogP contribution in [0.4, 0.5) is 4.39 Å². The van der Waals surface area contributed by atoms with Crippen LogP contribution in [0.5, 0.6) is 0 Å². The first-order valence-electron chi connectivity index (χ1n) is 7.57. The molecule has 0 bridgehead atoms. The molecule has 0 saturated heterocycles. The Morgan fingerprint density at radius 1 is 1.35 bits per heavy atom. The van der Waals surface area contributed by atoms with Crippen LogP contribution in [0.15, 0.2) is 24.3 Å². The highest BCUT2D eigenvalue weighted by molar-refractivity contribution is 5.89. The molecule has 0 radical (unpaired) electrons. The topological polar surface area (TPSA) is 67.9 Å². The fourth-order valence-corrected chi connectivity index (χ4v) is 2.80. The minimum atomic E-state index is -0.822. The molecular formula is C17H16FN3O2. The summed E-state index contributed by atoms with van der Waals surface area (Å²) in [5, 5.41) is 13.2. The number of nitriles is 1. The van der Waals surface area contributed by atoms with Gasteiger partial charge in [0.1, 0.15) is 11.9 Å². The Morgan fingerprint density at radius 2 is 2.04 bits per heavy atom. The highest BCUT2D eigenvalue weighted by Gasteiger charge is 2.27. The van der Waals surface area contributed by atoms with E-state index in [1.807, 2.05) is 6.07 Å². The fourth-order valence-electron chi connectivity index (χ4n) is 2.80. The highest BCUT2D eigenvalue weighted by Crippen LogP contribution is 2.27. The van der Waals surface area contributed by atoms with Crippen molar-refractivity contribution in [2.24, 2.45) is 0 Å². The van der Waals surface area contributed by atoms with Gasteiger partial charge < -0.3 is 4.74 Å². The standard InChI is InChI=1S/C17H16FN3O2/c1-11(10-19)23-17(22)16-14-4-2-3-5-15(14)21(20-16)13-8-6-12(18)7-9-13/h6-9,11H,2-5H2,1H3/t11-/m0/s1. The van der Waals surface area contributed by atoms with Crippen LogP contribution in [-0.2, 0) is 17.6 Å². The average Bonchev–Trinajstić information content (AvgIpc) is 2.95. The van der Waals surface area contributed by atoms with Crippen LogP contribution in [0.3, 0.4) is 0 Å². The molecule has 5 nitrogen and oxygen atoms in total. The third-order valence-electron chi connectivity index (χ3n) is 3.91. The summed E-state index contributed by atoms with van der Waals surface area (Å²) in [4.78, 5) is 12.3. The summed E-state index contributed by atoms with van der Waals surface area (Å²) in [7, 11) is 0. The summed E-state index contributed by atoms with van der Waals surface area (Å²) in [6.07, 6.45) is 2.74. The van der Waals surface area contributed by atoms with E-state index in [0.717, 1.165) is 36.9 Å². The zero-order valence-corrected chi connectivity index (χ0v) is 12.8. The van der Waals surface area contributed by atoms with Gasteiger partial charge in [0.05, 0.1) is 5.69 Å². The predicted octanol–water partition coefficient (Wildman–Crippen LogP) is 2.96. The van der Waals surface area contributed by atoms with Crippen LogP contribution in [0.1, 0.15) is 41.5 Å². The number of carbonyl (C=O) groups is 1. The summed E-state index contributed by atoms with van der Waals surface area (Å²) in [5.41, 5.74) is 2.79. The lowest BCUT2D eigenvalue weighted by Gasteiger charge is -2.14. The van der Waals surface area contributed by atoms with Gasteiger partial charge in [-0.05, 0) is 56.9 Å². The number of halogens is 1. The van der Waals surface area contributed by atoms with Crippen molar-refractivity contribution in [3.05, 3.63) is 47.0 Å². The summed E-state index contributed by atoms with van der Waals surface area (Å²) < 4.78 is 19.9. The number of benzene rings is 1. The van der Waals surface area contributed by atoms with Crippen molar-refractivity contribution < 1.29 is 13.9 Å². The van der Waals surface area contributed by atoms with Crippen molar-refractivity contribution in [1.82, 2.24) is 9.78 Å². The first kappa shape index (κ1) is 15.2. The molecule has 1 heterocycles. The lowest BCUT2D eigenvalue weighted by molar-refractivity contribution is 0.0426. The Labute approximate surface area is 133 Å². The molecule has 0 fully saturated rings. The SMILES string of the molecule is C[C@@H](C#N)OC(=O)c1nn(-c2ccc(F)cc2)c2c1CCCC2. The van der Waals surface area contributed by atoms with Crippen molar-refractivity contribution in [2.45, 2.75) is 38.7 Å². The van der Waals surface area contributed by atoms with Gasteiger partial charge in [0.2, 0.25) is 0 Å². The number of esters is 1. The normalized spacial score (nSPS) is 14.7. The smallest absolute Gasteiger partial charge is 0.360 e. The zero-order chi connectivity index (χ0) is 16.4. The van der Waals surface area contributed by atoms with Crippen LogP contribution in [0.2, 0.25) is 0 Å². The highest BCUT2D eigenvalue weighted by atomic mass is 19.1. The third kappa shape index (κ3) is 2.95. The van der Waals surface area contributed by atoms with Gasteiger partial charge in [-0.3, -0.25) is 0 Å². The molecule has 0 unspecified atom stereocenters. The van der Waals surface area contributed by atoms with E-state index in [0.29, 0.717) is 5.69 Å². The van der Waals surface area contributed by atoms with Gasteiger partial charge >= 0.3 is 5.97 Å². The molecule has 1 aliphatic carbocycles. The van der Waals surface area contributed by atoms with Crippen LogP contribution >= 0.6 is 0 Å². The maximum atomic E-state index is 13.1. The molecule has 0 spiro atoms. The molecule has 3 rings (SSSR count). The Hall–Kier alpha value is -2.68. The second kappa shape index (κ2) is 6.21. The number of nitrogens with zero attached hydrogens (tertiary/aromatic N) is 3. The molecule has 118 valence electrons. The number of carbonyl (C=O) groups excluding carboxylic acids is 1. The van der Waals surface area contributed by atoms with E-state index in [1.165, 1.54) is 19.1 Å². The van der Waals surface area contributed by atoms with Crippen molar-refractivity contribution in [2.75, 3.05) is 0 Å². The molecule has 1 aromatic heterocycles. The fraction of sp³-hybridized carbons (Fsp3) is 0.353. The Morgan fingerprint density at radius 3 is 2.74 bits per heavy atom. The van der Waals surface area contributed by atoms with Gasteiger partial charge in [0.25, 0.3) is 0 Å². The number of ether oxygens (including phenoxy) is 1. The molecular weight excluding hydrogens is 297 g/mol. The molecule has 23 heavy (non-hydrogen) atoms. The van der Waals surface area contributed by atoms with E-state index in [-0.39, 0.29) is 11.5 Å². The van der Waals surface area contributed by atoms with Gasteiger partial charge in [-0.25, -0.2) is 13.9 Å². The molecule has 1 aromatic carbocycles. The summed E-state index contributed by atoms with van der Waals surface area (Å²) >= 11 is 0. The molecule has 0 amide bonds. The quantitative estimate of drug-likeness (QED) is 0.817. The van der Waals surface area contributed by atoms with Crippen molar-refractivity contribution >= 4 is 5.97 Å². The van der Waals surface area contributed by atoms with E-state index in [9.17, 15) is 9.18 Å². The molecule has 6 heteroatoms. The number of rotatable bonds is 3. The number of hydrogen-bond donors (Lipinski definition) is 0. The molecule has 2 aromatic rings. The zero-order valence-electron chi connectivity index (χ0n) is 12.8. The molecule has 0 N–H and O–H groups in total. The minimum absolute atomic E-state index is 0.256. The van der Waals surface area contributed by atoms with Gasteiger partial charge in [-0.1, -0.05) is 0 Å². The maximum Gasteiger partial charge on any atom is 0.360 e. The van der Waals surface area contributed by atoms with E-state index in [1.54, 1.807) is 16.8 Å². The van der Waals surface area contributed by atoms with Gasteiger partial charge in [0, 0.05) is 11.3 Å². The first-order valence-corrected chi connectivity index (χ1v) is 7.57. The van der Waals surface area contributed by atoms with Crippen molar-refractivity contribution in [3.63, 3.8) is 0 Å². The van der Waals surface area contributed by atoms with Crippen molar-refractivity contribution in [1.29, 1.82) is 5.26 Å². The predicted molar refractivity (Wildman–Crippen MR) is 80.7 cm³/mol. The lowest BCUT2D eigenvalue weighted by Crippen LogP contribution is -2.15. The Bertz CT molecular complexity index is 774. The van der Waals surface area contributed by atoms with Crippen LogP contribution in [0.25, 0.3) is 5.69 Å². The number of fused-ring (bicyclic) bond motifs is 1. The maximum absolute atomic E-state index is 13.1. The molecule has 1 atom stereocenters. The van der Waals surface area contributed by atoms with Crippen LogP contribution in [0, 0.1) is 17.1 Å². The largest absolute Gasteiger partial charge is 0.442 e.